The summed E-state index contributed by atoms with van der Waals surface area (Å²) in [6.07, 6.45) is 4.05. The summed E-state index contributed by atoms with van der Waals surface area (Å²) in [4.78, 5) is 2.30. The summed E-state index contributed by atoms with van der Waals surface area (Å²) in [7, 11) is 2.11. The summed E-state index contributed by atoms with van der Waals surface area (Å²) in [6.45, 7) is 2.69. The average molecular weight is 261 g/mol. The lowest BCUT2D eigenvalue weighted by Gasteiger charge is -2.29. The Balaban J connectivity index is 2.03. The highest BCUT2D eigenvalue weighted by molar-refractivity contribution is 5.20. The Hall–Kier alpha value is -1.16. The molecule has 1 N–H and O–H groups in total. The molecule has 1 atom stereocenters. The normalized spacial score (nSPS) is 17.3. The van der Waals surface area contributed by atoms with E-state index in [0.29, 0.717) is 0 Å². The standard InChI is InChI=1S/C16H23NO2/c1-17(12-14-6-5-11-19-13-14)16(9-10-18)15-7-3-2-4-8-15/h2-4,6-8,16,18H,5,9-13H2,1H3. The topological polar surface area (TPSA) is 32.7 Å². The predicted molar refractivity (Wildman–Crippen MR) is 77.0 cm³/mol. The van der Waals surface area contributed by atoms with Gasteiger partial charge >= 0.3 is 0 Å². The summed E-state index contributed by atoms with van der Waals surface area (Å²) in [5, 5.41) is 9.29. The lowest BCUT2D eigenvalue weighted by atomic mass is 10.0. The number of hydrogen-bond donors (Lipinski definition) is 1. The van der Waals surface area contributed by atoms with E-state index in [0.717, 1.165) is 32.6 Å². The number of ether oxygens (including phenoxy) is 1. The van der Waals surface area contributed by atoms with E-state index >= 15 is 0 Å². The Labute approximate surface area is 115 Å². The molecule has 0 saturated heterocycles. The van der Waals surface area contributed by atoms with Gasteiger partial charge in [0.1, 0.15) is 0 Å². The predicted octanol–water partition coefficient (Wildman–Crippen LogP) is 2.39. The Bertz CT molecular complexity index is 402. The van der Waals surface area contributed by atoms with Gasteiger partial charge in [0.15, 0.2) is 0 Å². The monoisotopic (exact) mass is 261 g/mol. The van der Waals surface area contributed by atoms with Gasteiger partial charge in [-0.05, 0) is 31.0 Å². The molecular formula is C16H23NO2. The molecule has 1 heterocycles. The van der Waals surface area contributed by atoms with Crippen molar-refractivity contribution in [3.8, 4) is 0 Å². The van der Waals surface area contributed by atoms with Crippen molar-refractivity contribution in [2.24, 2.45) is 0 Å². The third-order valence-electron chi connectivity index (χ3n) is 3.55. The molecule has 3 nitrogen and oxygen atoms in total. The van der Waals surface area contributed by atoms with Crippen LogP contribution >= 0.6 is 0 Å². The molecule has 0 fully saturated rings. The van der Waals surface area contributed by atoms with Gasteiger partial charge in [0, 0.05) is 19.2 Å². The molecule has 1 unspecified atom stereocenters. The van der Waals surface area contributed by atoms with Crippen molar-refractivity contribution >= 4 is 0 Å². The quantitative estimate of drug-likeness (QED) is 0.798. The van der Waals surface area contributed by atoms with Crippen LogP contribution in [0.25, 0.3) is 0 Å². The second-order valence-electron chi connectivity index (χ2n) is 5.06. The van der Waals surface area contributed by atoms with E-state index in [2.05, 4.69) is 42.3 Å². The number of nitrogens with zero attached hydrogens (tertiary/aromatic N) is 1. The fourth-order valence-corrected chi connectivity index (χ4v) is 2.59. The molecule has 1 aromatic rings. The molecule has 19 heavy (non-hydrogen) atoms. The number of rotatable bonds is 6. The fraction of sp³-hybridized carbons (Fsp3) is 0.500. The van der Waals surface area contributed by atoms with Crippen molar-refractivity contribution in [3.63, 3.8) is 0 Å². The molecule has 3 heteroatoms. The SMILES string of the molecule is CN(CC1=CCCOC1)C(CCO)c1ccccc1. The van der Waals surface area contributed by atoms with Crippen LogP contribution in [0.2, 0.25) is 0 Å². The third-order valence-corrected chi connectivity index (χ3v) is 3.55. The first kappa shape index (κ1) is 14.3. The number of aliphatic hydroxyl groups excluding tert-OH is 1. The summed E-state index contributed by atoms with van der Waals surface area (Å²) in [5.41, 5.74) is 2.60. The summed E-state index contributed by atoms with van der Waals surface area (Å²) < 4.78 is 5.48. The summed E-state index contributed by atoms with van der Waals surface area (Å²) >= 11 is 0. The number of likely N-dealkylation sites (N-methyl/N-ethyl adjacent to an activating group) is 1. The highest BCUT2D eigenvalue weighted by Gasteiger charge is 2.18. The molecule has 0 radical (unpaired) electrons. The molecular weight excluding hydrogens is 238 g/mol. The Kier molecular flexibility index (Phi) is 5.58. The number of aliphatic hydroxyl groups is 1. The van der Waals surface area contributed by atoms with Crippen LogP contribution in [0.3, 0.4) is 0 Å². The maximum absolute atomic E-state index is 9.29. The molecule has 0 aromatic heterocycles. The van der Waals surface area contributed by atoms with Crippen LogP contribution in [0.15, 0.2) is 42.0 Å². The second kappa shape index (κ2) is 7.43. The first-order valence-electron chi connectivity index (χ1n) is 6.93. The van der Waals surface area contributed by atoms with Crippen LogP contribution in [-0.2, 0) is 4.74 Å². The molecule has 0 spiro atoms. The van der Waals surface area contributed by atoms with Gasteiger partial charge in [-0.25, -0.2) is 0 Å². The first-order valence-corrected chi connectivity index (χ1v) is 6.93. The van der Waals surface area contributed by atoms with E-state index in [-0.39, 0.29) is 12.6 Å². The van der Waals surface area contributed by atoms with Crippen LogP contribution < -0.4 is 0 Å². The van der Waals surface area contributed by atoms with E-state index in [1.54, 1.807) is 0 Å². The number of hydrogen-bond acceptors (Lipinski definition) is 3. The van der Waals surface area contributed by atoms with Gasteiger partial charge < -0.3 is 9.84 Å². The van der Waals surface area contributed by atoms with Gasteiger partial charge in [-0.3, -0.25) is 4.90 Å². The molecule has 1 aliphatic rings. The highest BCUT2D eigenvalue weighted by atomic mass is 16.5. The van der Waals surface area contributed by atoms with Gasteiger partial charge in [0.05, 0.1) is 13.2 Å². The maximum Gasteiger partial charge on any atom is 0.0689 e. The molecule has 0 aliphatic carbocycles. The molecule has 104 valence electrons. The molecule has 0 saturated carbocycles. The Morgan fingerprint density at radius 2 is 2.11 bits per heavy atom. The zero-order chi connectivity index (χ0) is 13.5. The molecule has 2 rings (SSSR count). The minimum atomic E-state index is 0.208. The van der Waals surface area contributed by atoms with Crippen molar-refractivity contribution in [2.75, 3.05) is 33.4 Å². The zero-order valence-electron chi connectivity index (χ0n) is 11.6. The van der Waals surface area contributed by atoms with Gasteiger partial charge in [-0.15, -0.1) is 0 Å². The lowest BCUT2D eigenvalue weighted by molar-refractivity contribution is 0.136. The fourth-order valence-electron chi connectivity index (χ4n) is 2.59. The van der Waals surface area contributed by atoms with Gasteiger partial charge in [-0.1, -0.05) is 36.4 Å². The smallest absolute Gasteiger partial charge is 0.0689 e. The van der Waals surface area contributed by atoms with Crippen molar-refractivity contribution in [2.45, 2.75) is 18.9 Å². The van der Waals surface area contributed by atoms with Crippen LogP contribution in [0.1, 0.15) is 24.4 Å². The molecule has 0 bridgehead atoms. The second-order valence-corrected chi connectivity index (χ2v) is 5.06. The molecule has 1 aromatic carbocycles. The maximum atomic E-state index is 9.29. The lowest BCUT2D eigenvalue weighted by Crippen LogP contribution is -2.29. The minimum Gasteiger partial charge on any atom is -0.396 e. The molecule has 1 aliphatic heterocycles. The zero-order valence-corrected chi connectivity index (χ0v) is 11.6. The van der Waals surface area contributed by atoms with Crippen molar-refractivity contribution in [3.05, 3.63) is 47.5 Å². The minimum absolute atomic E-state index is 0.208. The van der Waals surface area contributed by atoms with E-state index in [1.807, 2.05) is 6.07 Å². The van der Waals surface area contributed by atoms with Crippen LogP contribution in [0.5, 0.6) is 0 Å². The van der Waals surface area contributed by atoms with Gasteiger partial charge in [-0.2, -0.15) is 0 Å². The summed E-state index contributed by atoms with van der Waals surface area (Å²) in [5.74, 6) is 0. The number of benzene rings is 1. The van der Waals surface area contributed by atoms with Crippen LogP contribution in [-0.4, -0.2) is 43.4 Å². The van der Waals surface area contributed by atoms with E-state index in [9.17, 15) is 5.11 Å². The average Bonchev–Trinajstić information content (AvgIpc) is 2.46. The Morgan fingerprint density at radius 1 is 1.32 bits per heavy atom. The largest absolute Gasteiger partial charge is 0.396 e. The van der Waals surface area contributed by atoms with Crippen molar-refractivity contribution in [1.29, 1.82) is 0 Å². The van der Waals surface area contributed by atoms with Crippen LogP contribution in [0, 0.1) is 0 Å². The summed E-state index contributed by atoms with van der Waals surface area (Å²) in [6, 6.07) is 10.6. The van der Waals surface area contributed by atoms with E-state index < -0.39 is 0 Å². The Morgan fingerprint density at radius 3 is 2.74 bits per heavy atom. The van der Waals surface area contributed by atoms with Crippen molar-refractivity contribution < 1.29 is 9.84 Å². The first-order chi connectivity index (χ1) is 9.31. The van der Waals surface area contributed by atoms with Crippen molar-refractivity contribution in [1.82, 2.24) is 4.90 Å². The molecule has 0 amide bonds. The van der Waals surface area contributed by atoms with Gasteiger partial charge in [0.2, 0.25) is 0 Å². The van der Waals surface area contributed by atoms with Crippen LogP contribution in [0.4, 0.5) is 0 Å². The third kappa shape index (κ3) is 4.16. The van der Waals surface area contributed by atoms with E-state index in [4.69, 9.17) is 4.74 Å². The van der Waals surface area contributed by atoms with E-state index in [1.165, 1.54) is 11.1 Å². The highest BCUT2D eigenvalue weighted by Crippen LogP contribution is 2.23. The van der Waals surface area contributed by atoms with Gasteiger partial charge in [0.25, 0.3) is 0 Å².